The van der Waals surface area contributed by atoms with Crippen LogP contribution in [-0.2, 0) is 19.6 Å². The first kappa shape index (κ1) is 16.6. The Morgan fingerprint density at radius 1 is 1.05 bits per heavy atom. The SMILES string of the molecule is O=C(O)CC(NS(=O)(=O)c1ccc(C(=O)O)cc1)C(=O)O. The fraction of sp³-hybridized carbons (Fsp3) is 0.182. The summed E-state index contributed by atoms with van der Waals surface area (Å²) in [6.45, 7) is 0. The molecule has 0 saturated heterocycles. The molecule has 0 spiro atoms. The van der Waals surface area contributed by atoms with Crippen molar-refractivity contribution >= 4 is 27.9 Å². The number of nitrogens with one attached hydrogen (secondary N) is 1. The minimum Gasteiger partial charge on any atom is -0.481 e. The fourth-order valence-electron chi connectivity index (χ4n) is 1.39. The lowest BCUT2D eigenvalue weighted by Crippen LogP contribution is -2.42. The number of carboxylic acids is 3. The van der Waals surface area contributed by atoms with Gasteiger partial charge in [0.2, 0.25) is 10.0 Å². The van der Waals surface area contributed by atoms with Crippen molar-refractivity contribution in [2.45, 2.75) is 17.4 Å². The second-order valence-electron chi connectivity index (χ2n) is 3.94. The molecule has 21 heavy (non-hydrogen) atoms. The van der Waals surface area contributed by atoms with Crippen molar-refractivity contribution in [2.24, 2.45) is 0 Å². The van der Waals surface area contributed by atoms with Crippen molar-refractivity contribution < 1.29 is 38.1 Å². The summed E-state index contributed by atoms with van der Waals surface area (Å²) in [6.07, 6.45) is -0.929. The Morgan fingerprint density at radius 2 is 1.57 bits per heavy atom. The Kier molecular flexibility index (Phi) is 5.00. The first-order chi connectivity index (χ1) is 9.63. The van der Waals surface area contributed by atoms with Crippen LogP contribution in [0, 0.1) is 0 Å². The number of sulfonamides is 1. The zero-order valence-corrected chi connectivity index (χ0v) is 11.2. The van der Waals surface area contributed by atoms with Gasteiger partial charge in [0.1, 0.15) is 6.04 Å². The monoisotopic (exact) mass is 317 g/mol. The second kappa shape index (κ2) is 6.33. The lowest BCUT2D eigenvalue weighted by atomic mass is 10.2. The predicted molar refractivity (Wildman–Crippen MR) is 67.4 cm³/mol. The summed E-state index contributed by atoms with van der Waals surface area (Å²) in [7, 11) is -4.28. The van der Waals surface area contributed by atoms with Gasteiger partial charge in [0.15, 0.2) is 0 Å². The maximum Gasteiger partial charge on any atom is 0.335 e. The summed E-state index contributed by atoms with van der Waals surface area (Å²) in [6, 6.07) is 2.19. The molecule has 0 radical (unpaired) electrons. The van der Waals surface area contributed by atoms with Crippen LogP contribution in [0.5, 0.6) is 0 Å². The van der Waals surface area contributed by atoms with E-state index in [4.69, 9.17) is 15.3 Å². The highest BCUT2D eigenvalue weighted by atomic mass is 32.2. The van der Waals surface area contributed by atoms with Crippen molar-refractivity contribution in [1.29, 1.82) is 0 Å². The van der Waals surface area contributed by atoms with E-state index in [9.17, 15) is 22.8 Å². The van der Waals surface area contributed by atoms with Gasteiger partial charge in [-0.1, -0.05) is 0 Å². The Balaban J connectivity index is 3.01. The first-order valence-electron chi connectivity index (χ1n) is 5.44. The molecule has 0 aromatic heterocycles. The van der Waals surface area contributed by atoms with Crippen LogP contribution in [0.15, 0.2) is 29.2 Å². The topological polar surface area (TPSA) is 158 Å². The molecule has 1 aromatic rings. The van der Waals surface area contributed by atoms with Crippen molar-refractivity contribution in [2.75, 3.05) is 0 Å². The molecule has 1 rings (SSSR count). The molecule has 9 nitrogen and oxygen atoms in total. The molecule has 1 atom stereocenters. The molecule has 0 fully saturated rings. The number of hydrogen-bond acceptors (Lipinski definition) is 5. The van der Waals surface area contributed by atoms with Crippen molar-refractivity contribution in [3.05, 3.63) is 29.8 Å². The third kappa shape index (κ3) is 4.54. The van der Waals surface area contributed by atoms with E-state index in [1.807, 2.05) is 0 Å². The number of benzene rings is 1. The fourth-order valence-corrected chi connectivity index (χ4v) is 2.58. The highest BCUT2D eigenvalue weighted by molar-refractivity contribution is 7.89. The van der Waals surface area contributed by atoms with Gasteiger partial charge in [0, 0.05) is 0 Å². The van der Waals surface area contributed by atoms with E-state index in [0.717, 1.165) is 24.3 Å². The van der Waals surface area contributed by atoms with Crippen LogP contribution in [0.3, 0.4) is 0 Å². The normalized spacial score (nSPS) is 12.6. The van der Waals surface area contributed by atoms with Gasteiger partial charge in [-0.2, -0.15) is 4.72 Å². The van der Waals surface area contributed by atoms with Gasteiger partial charge < -0.3 is 15.3 Å². The van der Waals surface area contributed by atoms with Crippen LogP contribution >= 0.6 is 0 Å². The van der Waals surface area contributed by atoms with Gasteiger partial charge in [-0.25, -0.2) is 13.2 Å². The summed E-state index contributed by atoms with van der Waals surface area (Å²) >= 11 is 0. The summed E-state index contributed by atoms with van der Waals surface area (Å²) in [5.74, 6) is -4.37. The lowest BCUT2D eigenvalue weighted by Gasteiger charge is -2.12. The zero-order chi connectivity index (χ0) is 16.2. The van der Waals surface area contributed by atoms with Crippen molar-refractivity contribution in [1.82, 2.24) is 4.72 Å². The Labute approximate surface area is 118 Å². The van der Waals surface area contributed by atoms with Gasteiger partial charge in [0.25, 0.3) is 0 Å². The quantitative estimate of drug-likeness (QED) is 0.528. The molecular formula is C11H11NO8S. The average molecular weight is 317 g/mol. The lowest BCUT2D eigenvalue weighted by molar-refractivity contribution is -0.145. The van der Waals surface area contributed by atoms with Gasteiger partial charge in [-0.3, -0.25) is 9.59 Å². The standard InChI is InChI=1S/C11H11NO8S/c13-9(14)5-8(11(17)18)12-21(19,20)7-3-1-6(2-4-7)10(15)16/h1-4,8,12H,5H2,(H,13,14)(H,15,16)(H,17,18). The van der Waals surface area contributed by atoms with Crippen LogP contribution < -0.4 is 4.72 Å². The summed E-state index contributed by atoms with van der Waals surface area (Å²) < 4.78 is 25.5. The molecule has 0 amide bonds. The molecule has 0 aliphatic carbocycles. The average Bonchev–Trinajstić information content (AvgIpc) is 2.37. The Morgan fingerprint density at radius 3 is 1.95 bits per heavy atom. The molecule has 4 N–H and O–H groups in total. The van der Waals surface area contributed by atoms with Gasteiger partial charge in [0.05, 0.1) is 16.9 Å². The van der Waals surface area contributed by atoms with E-state index in [1.165, 1.54) is 0 Å². The first-order valence-corrected chi connectivity index (χ1v) is 6.92. The van der Waals surface area contributed by atoms with Crippen LogP contribution in [0.2, 0.25) is 0 Å². The highest BCUT2D eigenvalue weighted by Gasteiger charge is 2.27. The molecule has 0 saturated carbocycles. The third-order valence-electron chi connectivity index (χ3n) is 2.39. The van der Waals surface area contributed by atoms with E-state index >= 15 is 0 Å². The van der Waals surface area contributed by atoms with E-state index in [0.29, 0.717) is 0 Å². The largest absolute Gasteiger partial charge is 0.481 e. The van der Waals surface area contributed by atoms with Crippen LogP contribution in [0.4, 0.5) is 0 Å². The number of rotatable bonds is 7. The molecule has 0 aliphatic heterocycles. The summed E-state index contributed by atoms with van der Waals surface area (Å²) in [5.41, 5.74) is -0.144. The van der Waals surface area contributed by atoms with Gasteiger partial charge >= 0.3 is 17.9 Å². The number of aliphatic carboxylic acids is 2. The smallest absolute Gasteiger partial charge is 0.335 e. The molecule has 1 unspecified atom stereocenters. The summed E-state index contributed by atoms with van der Waals surface area (Å²) in [4.78, 5) is 31.6. The maximum absolute atomic E-state index is 11.9. The van der Waals surface area contributed by atoms with E-state index in [1.54, 1.807) is 4.72 Å². The molecule has 0 aliphatic rings. The van der Waals surface area contributed by atoms with Gasteiger partial charge in [-0.05, 0) is 24.3 Å². The van der Waals surface area contributed by atoms with E-state index in [2.05, 4.69) is 0 Å². The number of carbonyl (C=O) groups is 3. The number of carboxylic acid groups (broad SMARTS) is 3. The van der Waals surface area contributed by atoms with E-state index in [-0.39, 0.29) is 10.5 Å². The second-order valence-corrected chi connectivity index (χ2v) is 5.65. The molecule has 0 bridgehead atoms. The minimum atomic E-state index is -4.28. The van der Waals surface area contributed by atoms with Crippen molar-refractivity contribution in [3.8, 4) is 0 Å². The Hall–Kier alpha value is -2.46. The predicted octanol–water partition coefficient (Wildman–Crippen LogP) is -0.409. The Bertz CT molecular complexity index is 664. The molecule has 114 valence electrons. The van der Waals surface area contributed by atoms with Crippen molar-refractivity contribution in [3.63, 3.8) is 0 Å². The molecule has 0 heterocycles. The number of aromatic carboxylic acids is 1. The summed E-state index contributed by atoms with van der Waals surface area (Å²) in [5, 5.41) is 26.0. The molecular weight excluding hydrogens is 306 g/mol. The van der Waals surface area contributed by atoms with Crippen LogP contribution in [0.25, 0.3) is 0 Å². The van der Waals surface area contributed by atoms with Gasteiger partial charge in [-0.15, -0.1) is 0 Å². The van der Waals surface area contributed by atoms with Crippen LogP contribution in [-0.4, -0.2) is 47.7 Å². The number of hydrogen-bond donors (Lipinski definition) is 4. The molecule has 1 aromatic carbocycles. The maximum atomic E-state index is 11.9. The third-order valence-corrected chi connectivity index (χ3v) is 3.87. The van der Waals surface area contributed by atoms with E-state index < -0.39 is 40.4 Å². The zero-order valence-electron chi connectivity index (χ0n) is 10.4. The van der Waals surface area contributed by atoms with Crippen LogP contribution in [0.1, 0.15) is 16.8 Å². The molecule has 10 heteroatoms. The highest BCUT2D eigenvalue weighted by Crippen LogP contribution is 2.12. The minimum absolute atomic E-state index is 0.144.